The number of hydrogen-bond acceptors (Lipinski definition) is 2. The van der Waals surface area contributed by atoms with Crippen molar-refractivity contribution in [1.82, 2.24) is 0 Å². The van der Waals surface area contributed by atoms with Gasteiger partial charge in [-0.25, -0.2) is 0 Å². The fourth-order valence-electron chi connectivity index (χ4n) is 1.60. The minimum absolute atomic E-state index is 0.416. The summed E-state index contributed by atoms with van der Waals surface area (Å²) in [5.41, 5.74) is 7.57. The average molecular weight is 221 g/mol. The van der Waals surface area contributed by atoms with E-state index in [0.29, 0.717) is 11.1 Å². The van der Waals surface area contributed by atoms with Crippen molar-refractivity contribution in [3.05, 3.63) is 29.3 Å². The van der Waals surface area contributed by atoms with E-state index in [4.69, 9.17) is 22.7 Å². The molecule has 0 amide bonds. The fraction of sp³-hybridized carbons (Fsp3) is 0.417. The molecule has 15 heavy (non-hydrogen) atoms. The molecule has 0 aromatic heterocycles. The molecule has 0 atom stereocenters. The van der Waals surface area contributed by atoms with Gasteiger partial charge in [0.2, 0.25) is 0 Å². The van der Waals surface area contributed by atoms with Gasteiger partial charge in [0.05, 0.1) is 6.10 Å². The second-order valence-corrected chi connectivity index (χ2v) is 4.46. The molecule has 1 aliphatic rings. The van der Waals surface area contributed by atoms with Gasteiger partial charge >= 0.3 is 0 Å². The van der Waals surface area contributed by atoms with Crippen molar-refractivity contribution in [3.8, 4) is 5.75 Å². The summed E-state index contributed by atoms with van der Waals surface area (Å²) in [6.07, 6.45) is 4.06. The molecule has 3 heteroatoms. The third-order valence-corrected chi connectivity index (χ3v) is 3.04. The van der Waals surface area contributed by atoms with Gasteiger partial charge in [0.1, 0.15) is 10.7 Å². The van der Waals surface area contributed by atoms with Gasteiger partial charge < -0.3 is 10.5 Å². The fourth-order valence-corrected chi connectivity index (χ4v) is 1.73. The van der Waals surface area contributed by atoms with E-state index in [0.717, 1.165) is 16.9 Å². The summed E-state index contributed by atoms with van der Waals surface area (Å²) in [7, 11) is 0. The SMILES string of the molecule is Cc1cc(C(N)=S)ccc1OC1CCC1. The van der Waals surface area contributed by atoms with Crippen molar-refractivity contribution >= 4 is 17.2 Å². The van der Waals surface area contributed by atoms with Gasteiger partial charge in [-0.05, 0) is 49.9 Å². The Balaban J connectivity index is 2.14. The molecule has 1 fully saturated rings. The highest BCUT2D eigenvalue weighted by atomic mass is 32.1. The van der Waals surface area contributed by atoms with Crippen LogP contribution in [0.3, 0.4) is 0 Å². The standard InChI is InChI=1S/C12H15NOS/c1-8-7-9(12(13)15)5-6-11(8)14-10-3-2-4-10/h5-7,10H,2-4H2,1H3,(H2,13,15). The second kappa shape index (κ2) is 4.19. The van der Waals surface area contributed by atoms with Gasteiger partial charge in [-0.2, -0.15) is 0 Å². The molecule has 0 saturated heterocycles. The van der Waals surface area contributed by atoms with Gasteiger partial charge in [-0.3, -0.25) is 0 Å². The maximum Gasteiger partial charge on any atom is 0.122 e. The third-order valence-electron chi connectivity index (χ3n) is 2.81. The first-order valence-electron chi connectivity index (χ1n) is 5.24. The summed E-state index contributed by atoms with van der Waals surface area (Å²) in [5.74, 6) is 0.958. The van der Waals surface area contributed by atoms with E-state index in [1.165, 1.54) is 19.3 Å². The normalized spacial score (nSPS) is 15.8. The Bertz CT molecular complexity index is 385. The zero-order chi connectivity index (χ0) is 10.8. The first-order valence-corrected chi connectivity index (χ1v) is 5.65. The second-order valence-electron chi connectivity index (χ2n) is 4.02. The molecule has 0 bridgehead atoms. The number of benzene rings is 1. The Morgan fingerprint density at radius 2 is 2.20 bits per heavy atom. The van der Waals surface area contributed by atoms with Crippen LogP contribution in [0.4, 0.5) is 0 Å². The number of nitrogens with two attached hydrogens (primary N) is 1. The minimum atomic E-state index is 0.416. The quantitative estimate of drug-likeness (QED) is 0.797. The minimum Gasteiger partial charge on any atom is -0.490 e. The van der Waals surface area contributed by atoms with Crippen molar-refractivity contribution in [2.75, 3.05) is 0 Å². The molecule has 2 rings (SSSR count). The van der Waals surface area contributed by atoms with Crippen LogP contribution in [0.5, 0.6) is 5.75 Å². The molecule has 1 aliphatic carbocycles. The lowest BCUT2D eigenvalue weighted by molar-refractivity contribution is 0.119. The van der Waals surface area contributed by atoms with E-state index in [9.17, 15) is 0 Å². The van der Waals surface area contributed by atoms with Crippen LogP contribution in [-0.4, -0.2) is 11.1 Å². The van der Waals surface area contributed by atoms with Crippen LogP contribution in [0.25, 0.3) is 0 Å². The first-order chi connectivity index (χ1) is 7.16. The lowest BCUT2D eigenvalue weighted by Gasteiger charge is -2.27. The third kappa shape index (κ3) is 2.29. The smallest absolute Gasteiger partial charge is 0.122 e. The van der Waals surface area contributed by atoms with Crippen LogP contribution >= 0.6 is 12.2 Å². The van der Waals surface area contributed by atoms with Crippen LogP contribution in [0.15, 0.2) is 18.2 Å². The van der Waals surface area contributed by atoms with Gasteiger partial charge in [0, 0.05) is 5.56 Å². The molecular weight excluding hydrogens is 206 g/mol. The van der Waals surface area contributed by atoms with E-state index in [1.54, 1.807) is 0 Å². The average Bonchev–Trinajstić information content (AvgIpc) is 2.12. The number of hydrogen-bond donors (Lipinski definition) is 1. The van der Waals surface area contributed by atoms with E-state index in [1.807, 2.05) is 25.1 Å². The number of ether oxygens (including phenoxy) is 1. The zero-order valence-corrected chi connectivity index (χ0v) is 9.64. The summed E-state index contributed by atoms with van der Waals surface area (Å²) >= 11 is 4.92. The van der Waals surface area contributed by atoms with Crippen LogP contribution < -0.4 is 10.5 Å². The van der Waals surface area contributed by atoms with Crippen molar-refractivity contribution in [2.24, 2.45) is 5.73 Å². The predicted octanol–water partition coefficient (Wildman–Crippen LogP) is 2.56. The maximum atomic E-state index is 5.83. The van der Waals surface area contributed by atoms with Gasteiger partial charge in [-0.15, -0.1) is 0 Å². The summed E-state index contributed by atoms with van der Waals surface area (Å²) in [6, 6.07) is 5.86. The van der Waals surface area contributed by atoms with Crippen LogP contribution in [0, 0.1) is 6.92 Å². The lowest BCUT2D eigenvalue weighted by Crippen LogP contribution is -2.25. The molecule has 0 unspecified atom stereocenters. The summed E-state index contributed by atoms with van der Waals surface area (Å²) in [6.45, 7) is 2.02. The van der Waals surface area contributed by atoms with Gasteiger partial charge in [0.15, 0.2) is 0 Å². The number of aryl methyl sites for hydroxylation is 1. The van der Waals surface area contributed by atoms with Crippen molar-refractivity contribution in [3.63, 3.8) is 0 Å². The highest BCUT2D eigenvalue weighted by molar-refractivity contribution is 7.80. The molecule has 0 aliphatic heterocycles. The highest BCUT2D eigenvalue weighted by Gasteiger charge is 2.19. The summed E-state index contributed by atoms with van der Waals surface area (Å²) < 4.78 is 5.83. The Morgan fingerprint density at radius 3 is 2.67 bits per heavy atom. The van der Waals surface area contributed by atoms with E-state index < -0.39 is 0 Å². The molecule has 0 spiro atoms. The van der Waals surface area contributed by atoms with Crippen molar-refractivity contribution < 1.29 is 4.74 Å². The molecule has 0 radical (unpaired) electrons. The number of rotatable bonds is 3. The lowest BCUT2D eigenvalue weighted by atomic mass is 9.96. The predicted molar refractivity (Wildman–Crippen MR) is 65.3 cm³/mol. The van der Waals surface area contributed by atoms with Crippen molar-refractivity contribution in [2.45, 2.75) is 32.3 Å². The molecular formula is C12H15NOS. The van der Waals surface area contributed by atoms with Gasteiger partial charge in [-0.1, -0.05) is 12.2 Å². The molecule has 0 heterocycles. The monoisotopic (exact) mass is 221 g/mol. The van der Waals surface area contributed by atoms with Crippen LogP contribution in [0.1, 0.15) is 30.4 Å². The highest BCUT2D eigenvalue weighted by Crippen LogP contribution is 2.27. The molecule has 1 saturated carbocycles. The molecule has 80 valence electrons. The van der Waals surface area contributed by atoms with Gasteiger partial charge in [0.25, 0.3) is 0 Å². The molecule has 1 aromatic carbocycles. The number of thiocarbonyl (C=S) groups is 1. The summed E-state index contributed by atoms with van der Waals surface area (Å²) in [5, 5.41) is 0. The molecule has 1 aromatic rings. The molecule has 2 nitrogen and oxygen atoms in total. The summed E-state index contributed by atoms with van der Waals surface area (Å²) in [4.78, 5) is 0.438. The Morgan fingerprint density at radius 1 is 1.47 bits per heavy atom. The first kappa shape index (κ1) is 10.4. The Kier molecular flexibility index (Phi) is 2.91. The van der Waals surface area contributed by atoms with Crippen LogP contribution in [0.2, 0.25) is 0 Å². The topological polar surface area (TPSA) is 35.2 Å². The Labute approximate surface area is 95.4 Å². The van der Waals surface area contributed by atoms with Crippen LogP contribution in [-0.2, 0) is 0 Å². The maximum absolute atomic E-state index is 5.83. The van der Waals surface area contributed by atoms with E-state index in [-0.39, 0.29) is 0 Å². The zero-order valence-electron chi connectivity index (χ0n) is 8.82. The Hall–Kier alpha value is -1.09. The van der Waals surface area contributed by atoms with Crippen molar-refractivity contribution in [1.29, 1.82) is 0 Å². The largest absolute Gasteiger partial charge is 0.490 e. The van der Waals surface area contributed by atoms with E-state index >= 15 is 0 Å². The van der Waals surface area contributed by atoms with E-state index in [2.05, 4.69) is 0 Å². The molecule has 2 N–H and O–H groups in total.